The number of aliphatic hydroxyl groups is 2. The van der Waals surface area contributed by atoms with Crippen molar-refractivity contribution in [3.8, 4) is 11.5 Å². The van der Waals surface area contributed by atoms with Crippen LogP contribution in [0.15, 0.2) is 36.4 Å². The normalized spacial score (nSPS) is 14.1. The zero-order valence-electron chi connectivity index (χ0n) is 22.6. The van der Waals surface area contributed by atoms with Gasteiger partial charge < -0.3 is 19.7 Å². The first-order chi connectivity index (χ1) is 15.9. The highest BCUT2D eigenvalue weighted by atomic mass is 16.5. The number of ether oxygens (including phenoxy) is 2. The van der Waals surface area contributed by atoms with Crippen LogP contribution in [0.25, 0.3) is 0 Å². The Bertz CT molecular complexity index is 905. The number of benzene rings is 2. The summed E-state index contributed by atoms with van der Waals surface area (Å²) >= 11 is 0. The van der Waals surface area contributed by atoms with Gasteiger partial charge in [-0.1, -0.05) is 71.9 Å². The molecule has 34 heavy (non-hydrogen) atoms. The molecular weight excluding hydrogens is 424 g/mol. The van der Waals surface area contributed by atoms with Gasteiger partial charge in [-0.15, -0.1) is 0 Å². The standard InChI is InChI=1S/C30H46O4/c1-9-33-27-17-15-21(20-25(27)30(6,7)8)14-16-26(32)22(18-19-31)23-12-11-13-24(29(3,4)5)28(23)34-10-2/h11-13,15,17,20,22,26,31-32H,9-10,14,16,18-19H2,1-8H3. The fourth-order valence-corrected chi connectivity index (χ4v) is 4.55. The molecule has 2 rings (SSSR count). The van der Waals surface area contributed by atoms with E-state index in [0.717, 1.165) is 29.0 Å². The van der Waals surface area contributed by atoms with Crippen molar-refractivity contribution < 1.29 is 19.7 Å². The second-order valence-corrected chi connectivity index (χ2v) is 11.1. The van der Waals surface area contributed by atoms with Crippen molar-refractivity contribution in [2.24, 2.45) is 0 Å². The second kappa shape index (κ2) is 12.1. The van der Waals surface area contributed by atoms with Crippen LogP contribution in [0.3, 0.4) is 0 Å². The van der Waals surface area contributed by atoms with E-state index in [-0.39, 0.29) is 23.4 Å². The minimum atomic E-state index is -0.591. The highest BCUT2D eigenvalue weighted by molar-refractivity contribution is 5.47. The van der Waals surface area contributed by atoms with Gasteiger partial charge in [0.2, 0.25) is 0 Å². The van der Waals surface area contributed by atoms with Gasteiger partial charge in [0.15, 0.2) is 0 Å². The van der Waals surface area contributed by atoms with Crippen LogP contribution in [-0.4, -0.2) is 36.1 Å². The molecule has 0 saturated carbocycles. The number of rotatable bonds is 11. The minimum Gasteiger partial charge on any atom is -0.494 e. The smallest absolute Gasteiger partial charge is 0.126 e. The molecule has 4 heteroatoms. The topological polar surface area (TPSA) is 58.9 Å². The number of hydrogen-bond donors (Lipinski definition) is 2. The predicted molar refractivity (Wildman–Crippen MR) is 141 cm³/mol. The van der Waals surface area contributed by atoms with E-state index in [2.05, 4.69) is 65.8 Å². The van der Waals surface area contributed by atoms with Gasteiger partial charge in [0.1, 0.15) is 11.5 Å². The molecular formula is C30H46O4. The molecule has 0 saturated heterocycles. The molecule has 0 aliphatic rings. The van der Waals surface area contributed by atoms with Crippen LogP contribution >= 0.6 is 0 Å². The molecule has 2 aromatic carbocycles. The van der Waals surface area contributed by atoms with Crippen molar-refractivity contribution in [2.75, 3.05) is 19.8 Å². The highest BCUT2D eigenvalue weighted by Gasteiger charge is 2.28. The molecule has 4 nitrogen and oxygen atoms in total. The summed E-state index contributed by atoms with van der Waals surface area (Å²) in [5.41, 5.74) is 4.37. The Balaban J connectivity index is 2.33. The van der Waals surface area contributed by atoms with Crippen molar-refractivity contribution >= 4 is 0 Å². The van der Waals surface area contributed by atoms with Crippen LogP contribution in [0.4, 0.5) is 0 Å². The van der Waals surface area contributed by atoms with Crippen LogP contribution in [0.2, 0.25) is 0 Å². The molecule has 0 heterocycles. The van der Waals surface area contributed by atoms with Crippen molar-refractivity contribution in [2.45, 2.75) is 97.5 Å². The van der Waals surface area contributed by atoms with E-state index in [1.165, 1.54) is 11.1 Å². The zero-order valence-corrected chi connectivity index (χ0v) is 22.6. The Hall–Kier alpha value is -2.04. The summed E-state index contributed by atoms with van der Waals surface area (Å²) in [4.78, 5) is 0. The average molecular weight is 471 g/mol. The van der Waals surface area contributed by atoms with Gasteiger partial charge >= 0.3 is 0 Å². The highest BCUT2D eigenvalue weighted by Crippen LogP contribution is 2.40. The maximum atomic E-state index is 11.3. The monoisotopic (exact) mass is 470 g/mol. The Kier molecular flexibility index (Phi) is 10.0. The van der Waals surface area contributed by atoms with Gasteiger partial charge in [0, 0.05) is 18.1 Å². The summed E-state index contributed by atoms with van der Waals surface area (Å²) in [5, 5.41) is 21.1. The quantitative estimate of drug-likeness (QED) is 0.391. The van der Waals surface area contributed by atoms with Crippen LogP contribution in [0, 0.1) is 0 Å². The fourth-order valence-electron chi connectivity index (χ4n) is 4.55. The molecule has 0 amide bonds. The van der Waals surface area contributed by atoms with Crippen molar-refractivity contribution in [1.29, 1.82) is 0 Å². The first-order valence-corrected chi connectivity index (χ1v) is 12.7. The summed E-state index contributed by atoms with van der Waals surface area (Å²) < 4.78 is 12.0. The van der Waals surface area contributed by atoms with E-state index < -0.39 is 6.10 Å². The molecule has 2 N–H and O–H groups in total. The van der Waals surface area contributed by atoms with Crippen molar-refractivity contribution in [1.82, 2.24) is 0 Å². The minimum absolute atomic E-state index is 0.0181. The number of aliphatic hydroxyl groups excluding tert-OH is 2. The molecule has 2 aromatic rings. The summed E-state index contributed by atoms with van der Waals surface area (Å²) in [5.74, 6) is 1.59. The molecule has 0 aromatic heterocycles. The van der Waals surface area contributed by atoms with Gasteiger partial charge in [0.05, 0.1) is 19.3 Å². The molecule has 0 radical (unpaired) electrons. The van der Waals surface area contributed by atoms with E-state index in [9.17, 15) is 10.2 Å². The summed E-state index contributed by atoms with van der Waals surface area (Å²) in [6.45, 7) is 18.3. The van der Waals surface area contributed by atoms with Gasteiger partial charge in [-0.05, 0) is 66.7 Å². The lowest BCUT2D eigenvalue weighted by molar-refractivity contribution is 0.116. The second-order valence-electron chi connectivity index (χ2n) is 11.1. The van der Waals surface area contributed by atoms with E-state index in [4.69, 9.17) is 9.47 Å². The molecule has 0 aliphatic carbocycles. The van der Waals surface area contributed by atoms with Crippen molar-refractivity contribution in [3.05, 3.63) is 58.7 Å². The maximum Gasteiger partial charge on any atom is 0.126 e. The largest absolute Gasteiger partial charge is 0.494 e. The van der Waals surface area contributed by atoms with Gasteiger partial charge in [0.25, 0.3) is 0 Å². The Morgan fingerprint density at radius 2 is 1.47 bits per heavy atom. The molecule has 190 valence electrons. The lowest BCUT2D eigenvalue weighted by Crippen LogP contribution is -2.23. The summed E-state index contributed by atoms with van der Waals surface area (Å²) in [6.07, 6.45) is 1.26. The Morgan fingerprint density at radius 1 is 0.824 bits per heavy atom. The van der Waals surface area contributed by atoms with Crippen LogP contribution in [0.1, 0.15) is 96.4 Å². The Morgan fingerprint density at radius 3 is 2.03 bits per heavy atom. The third kappa shape index (κ3) is 7.23. The predicted octanol–water partition coefficient (Wildman–Crippen LogP) is 6.54. The maximum absolute atomic E-state index is 11.3. The van der Waals surface area contributed by atoms with Crippen LogP contribution in [0.5, 0.6) is 11.5 Å². The van der Waals surface area contributed by atoms with E-state index in [0.29, 0.717) is 26.1 Å². The fraction of sp³-hybridized carbons (Fsp3) is 0.600. The third-order valence-corrected chi connectivity index (χ3v) is 6.33. The first kappa shape index (κ1) is 28.2. The molecule has 0 fully saturated rings. The molecule has 0 aliphatic heterocycles. The van der Waals surface area contributed by atoms with Gasteiger partial charge in [-0.2, -0.15) is 0 Å². The van der Waals surface area contributed by atoms with Crippen LogP contribution < -0.4 is 9.47 Å². The van der Waals surface area contributed by atoms with Gasteiger partial charge in [-0.3, -0.25) is 0 Å². The zero-order chi connectivity index (χ0) is 25.5. The summed E-state index contributed by atoms with van der Waals surface area (Å²) in [6, 6.07) is 12.5. The van der Waals surface area contributed by atoms with Gasteiger partial charge in [-0.25, -0.2) is 0 Å². The number of para-hydroxylation sites is 1. The van der Waals surface area contributed by atoms with Crippen LogP contribution in [-0.2, 0) is 17.3 Å². The average Bonchev–Trinajstić information content (AvgIpc) is 2.76. The van der Waals surface area contributed by atoms with Crippen molar-refractivity contribution in [3.63, 3.8) is 0 Å². The van der Waals surface area contributed by atoms with E-state index in [1.807, 2.05) is 26.0 Å². The lowest BCUT2D eigenvalue weighted by Gasteiger charge is -2.29. The molecule has 0 bridgehead atoms. The summed E-state index contributed by atoms with van der Waals surface area (Å²) in [7, 11) is 0. The Labute approximate surface area is 207 Å². The SMILES string of the molecule is CCOc1ccc(CCC(O)C(CCO)c2cccc(C(C)(C)C)c2OCC)cc1C(C)(C)C. The molecule has 2 atom stereocenters. The van der Waals surface area contributed by atoms with E-state index in [1.54, 1.807) is 0 Å². The van der Waals surface area contributed by atoms with E-state index >= 15 is 0 Å². The lowest BCUT2D eigenvalue weighted by atomic mass is 9.80. The number of hydrogen-bond acceptors (Lipinski definition) is 4. The first-order valence-electron chi connectivity index (χ1n) is 12.7. The molecule has 2 unspecified atom stereocenters. The molecule has 0 spiro atoms. The third-order valence-electron chi connectivity index (χ3n) is 6.33. The number of aryl methyl sites for hydroxylation is 1.